The van der Waals surface area contributed by atoms with Gasteiger partial charge in [0.15, 0.2) is 0 Å². The summed E-state index contributed by atoms with van der Waals surface area (Å²) in [4.78, 5) is 9.70. The summed E-state index contributed by atoms with van der Waals surface area (Å²) in [6.45, 7) is 0.888. The Kier molecular flexibility index (Phi) is 9.88. The molecule has 0 aromatic heterocycles. The molecule has 0 aromatic carbocycles. The molecule has 0 N–H and O–H groups in total. The minimum absolute atomic E-state index is 0.114. The molecule has 0 aliphatic heterocycles. The van der Waals surface area contributed by atoms with Crippen LogP contribution in [0.15, 0.2) is 0 Å². The van der Waals surface area contributed by atoms with E-state index in [1.54, 1.807) is 0 Å². The first-order valence-electron chi connectivity index (χ1n) is 3.53. The Labute approximate surface area is 95.3 Å². The molecule has 0 aromatic rings. The lowest BCUT2D eigenvalue weighted by Gasteiger charge is -2.09. The van der Waals surface area contributed by atoms with Gasteiger partial charge in [0.1, 0.15) is 0 Å². The van der Waals surface area contributed by atoms with E-state index in [9.17, 15) is 0 Å². The lowest BCUT2D eigenvalue weighted by atomic mass is 10.5. The van der Waals surface area contributed by atoms with E-state index in [1.807, 2.05) is 0 Å². The van der Waals surface area contributed by atoms with Crippen LogP contribution in [0.4, 0.5) is 0 Å². The van der Waals surface area contributed by atoms with Crippen molar-refractivity contribution in [3.63, 3.8) is 0 Å². The van der Waals surface area contributed by atoms with Crippen molar-refractivity contribution in [2.24, 2.45) is 0 Å². The Morgan fingerprint density at radius 3 is 1.42 bits per heavy atom. The first-order valence-corrected chi connectivity index (χ1v) is 5.82. The predicted molar refractivity (Wildman–Crippen MR) is 65.2 cm³/mol. The first kappa shape index (κ1) is 13.3. The fraction of sp³-hybridized carbons (Fsp3) is 1.00. The van der Waals surface area contributed by atoms with Gasteiger partial charge in [0.25, 0.3) is 0 Å². The van der Waals surface area contributed by atoms with Crippen LogP contribution < -0.4 is 0 Å². The van der Waals surface area contributed by atoms with Gasteiger partial charge >= 0.3 is 0 Å². The summed E-state index contributed by atoms with van der Waals surface area (Å²) in [5.41, 5.74) is 0. The van der Waals surface area contributed by atoms with Gasteiger partial charge in [-0.2, -0.15) is 50.5 Å². The molecule has 0 rings (SSSR count). The molecule has 74 valence electrons. The maximum atomic E-state index is 4.85. The molecule has 2 atom stereocenters. The second-order valence-corrected chi connectivity index (χ2v) is 4.43. The highest BCUT2D eigenvalue weighted by Gasteiger charge is 2.03. The number of thiol groups is 4. The monoisotopic (exact) mass is 246 g/mol. The van der Waals surface area contributed by atoms with Crippen LogP contribution in [0, 0.1) is 0 Å². The van der Waals surface area contributed by atoms with E-state index in [0.717, 1.165) is 0 Å². The van der Waals surface area contributed by atoms with Crippen LogP contribution in [0.3, 0.4) is 0 Å². The molecule has 0 saturated heterocycles. The molecule has 12 heavy (non-hydrogen) atoms. The van der Waals surface area contributed by atoms with Gasteiger partial charge in [0.05, 0.1) is 13.2 Å². The zero-order chi connectivity index (χ0) is 9.40. The van der Waals surface area contributed by atoms with Gasteiger partial charge in [-0.1, -0.05) is 0 Å². The Hall–Kier alpha value is 1.32. The SMILES string of the molecule is SCC(S)COOCC(S)CS. The van der Waals surface area contributed by atoms with Crippen LogP contribution in [0.25, 0.3) is 0 Å². The normalized spacial score (nSPS) is 16.0. The van der Waals surface area contributed by atoms with Gasteiger partial charge in [-0.15, -0.1) is 0 Å². The zero-order valence-corrected chi connectivity index (χ0v) is 10.2. The van der Waals surface area contributed by atoms with E-state index in [2.05, 4.69) is 50.5 Å². The van der Waals surface area contributed by atoms with Gasteiger partial charge in [0, 0.05) is 22.0 Å². The lowest BCUT2D eigenvalue weighted by Crippen LogP contribution is -2.16. The Bertz CT molecular complexity index is 91.5. The highest BCUT2D eigenvalue weighted by atomic mass is 32.1. The summed E-state index contributed by atoms with van der Waals surface area (Å²) in [5.74, 6) is 1.34. The van der Waals surface area contributed by atoms with Crippen LogP contribution in [-0.4, -0.2) is 35.2 Å². The summed E-state index contributed by atoms with van der Waals surface area (Å²) in [5, 5.41) is 0.227. The fourth-order valence-electron chi connectivity index (χ4n) is 0.359. The van der Waals surface area contributed by atoms with Crippen LogP contribution in [0.2, 0.25) is 0 Å². The maximum Gasteiger partial charge on any atom is 0.0946 e. The van der Waals surface area contributed by atoms with Gasteiger partial charge in [-0.25, -0.2) is 9.78 Å². The molecule has 2 nitrogen and oxygen atoms in total. The third kappa shape index (κ3) is 7.94. The molecule has 0 spiro atoms. The topological polar surface area (TPSA) is 18.5 Å². The van der Waals surface area contributed by atoms with E-state index in [0.29, 0.717) is 24.7 Å². The number of hydrogen-bond donors (Lipinski definition) is 4. The molecule has 6 heteroatoms. The molecule has 0 saturated carbocycles. The molecule has 0 heterocycles. The van der Waals surface area contributed by atoms with Crippen molar-refractivity contribution in [1.29, 1.82) is 0 Å². The standard InChI is InChI=1S/C6H14O2S4/c9-3-5(11)1-7-8-2-6(12)4-10/h5-6,9-12H,1-4H2. The van der Waals surface area contributed by atoms with E-state index in [4.69, 9.17) is 9.78 Å². The largest absolute Gasteiger partial charge is 0.236 e. The molecule has 0 aliphatic carbocycles. The molecule has 0 bridgehead atoms. The minimum Gasteiger partial charge on any atom is -0.236 e. The maximum absolute atomic E-state index is 4.85. The summed E-state index contributed by atoms with van der Waals surface area (Å²) in [6.07, 6.45) is 0. The fourth-order valence-corrected chi connectivity index (χ4v) is 0.691. The Balaban J connectivity index is 3.10. The Morgan fingerprint density at radius 1 is 0.833 bits per heavy atom. The van der Waals surface area contributed by atoms with Crippen molar-refractivity contribution < 1.29 is 9.78 Å². The highest BCUT2D eigenvalue weighted by molar-refractivity contribution is 7.85. The number of rotatable bonds is 7. The van der Waals surface area contributed by atoms with Crippen molar-refractivity contribution in [3.05, 3.63) is 0 Å². The van der Waals surface area contributed by atoms with Crippen molar-refractivity contribution in [3.8, 4) is 0 Å². The molecular formula is C6H14O2S4. The van der Waals surface area contributed by atoms with Gasteiger partial charge in [-0.05, 0) is 0 Å². The van der Waals surface area contributed by atoms with E-state index in [1.165, 1.54) is 0 Å². The molecular weight excluding hydrogens is 232 g/mol. The third-order valence-corrected chi connectivity index (χ3v) is 3.15. The summed E-state index contributed by atoms with van der Waals surface area (Å²) >= 11 is 16.4. The van der Waals surface area contributed by atoms with E-state index in [-0.39, 0.29) is 10.5 Å². The lowest BCUT2D eigenvalue weighted by molar-refractivity contribution is -0.291. The summed E-state index contributed by atoms with van der Waals surface area (Å²) in [6, 6.07) is 0. The quantitative estimate of drug-likeness (QED) is 0.235. The molecule has 0 aliphatic rings. The van der Waals surface area contributed by atoms with Gasteiger partial charge in [-0.3, -0.25) is 0 Å². The van der Waals surface area contributed by atoms with Gasteiger partial charge in [0.2, 0.25) is 0 Å². The third-order valence-electron chi connectivity index (χ3n) is 1.03. The second-order valence-electron chi connectivity index (χ2n) is 2.24. The molecule has 0 amide bonds. The van der Waals surface area contributed by atoms with Crippen LogP contribution in [0.5, 0.6) is 0 Å². The highest BCUT2D eigenvalue weighted by Crippen LogP contribution is 2.01. The van der Waals surface area contributed by atoms with E-state index < -0.39 is 0 Å². The van der Waals surface area contributed by atoms with Crippen LogP contribution in [-0.2, 0) is 9.78 Å². The first-order chi connectivity index (χ1) is 5.70. The second kappa shape index (κ2) is 8.90. The van der Waals surface area contributed by atoms with E-state index >= 15 is 0 Å². The van der Waals surface area contributed by atoms with Crippen LogP contribution in [0.1, 0.15) is 0 Å². The smallest absolute Gasteiger partial charge is 0.0946 e. The zero-order valence-electron chi connectivity index (χ0n) is 6.59. The Morgan fingerprint density at radius 2 is 1.17 bits per heavy atom. The summed E-state index contributed by atoms with van der Waals surface area (Å²) in [7, 11) is 0. The summed E-state index contributed by atoms with van der Waals surface area (Å²) < 4.78 is 0. The molecule has 0 radical (unpaired) electrons. The van der Waals surface area contributed by atoms with Crippen molar-refractivity contribution in [2.45, 2.75) is 10.5 Å². The van der Waals surface area contributed by atoms with Crippen molar-refractivity contribution >= 4 is 50.5 Å². The average Bonchev–Trinajstić information content (AvgIpc) is 2.11. The van der Waals surface area contributed by atoms with Gasteiger partial charge < -0.3 is 0 Å². The van der Waals surface area contributed by atoms with Crippen molar-refractivity contribution in [2.75, 3.05) is 24.7 Å². The van der Waals surface area contributed by atoms with Crippen LogP contribution >= 0.6 is 50.5 Å². The predicted octanol–water partition coefficient (Wildman–Crippen LogP) is 1.39. The number of hydrogen-bond acceptors (Lipinski definition) is 6. The molecule has 0 fully saturated rings. The van der Waals surface area contributed by atoms with Crippen molar-refractivity contribution in [1.82, 2.24) is 0 Å². The minimum atomic E-state index is 0.114. The molecule has 2 unspecified atom stereocenters. The average molecular weight is 246 g/mol.